The van der Waals surface area contributed by atoms with Crippen LogP contribution in [0.15, 0.2) is 0 Å². The van der Waals surface area contributed by atoms with Gasteiger partial charge in [-0.3, -0.25) is 4.57 Å². The minimum Gasteiger partial charge on any atom is -0.307 e. The summed E-state index contributed by atoms with van der Waals surface area (Å²) < 4.78 is 38.8. The Hall–Kier alpha value is 0.297. The molecule has 0 heterocycles. The van der Waals surface area contributed by atoms with Crippen molar-refractivity contribution in [2.75, 3.05) is 13.2 Å². The predicted molar refractivity (Wildman–Crippen MR) is 77.6 cm³/mol. The summed E-state index contributed by atoms with van der Waals surface area (Å²) in [5.74, 6) is 0. The summed E-state index contributed by atoms with van der Waals surface area (Å²) >= 11 is 0. The van der Waals surface area contributed by atoms with Gasteiger partial charge in [-0.2, -0.15) is 0 Å². The van der Waals surface area contributed by atoms with Crippen LogP contribution in [0.25, 0.3) is 0 Å². The van der Waals surface area contributed by atoms with E-state index in [2.05, 4.69) is 0 Å². The maximum atomic E-state index is 15.5. The van der Waals surface area contributed by atoms with Crippen LogP contribution in [0.2, 0.25) is 19.6 Å². The van der Waals surface area contributed by atoms with Gasteiger partial charge in [-0.05, 0) is 20.3 Å². The predicted octanol–water partition coefficient (Wildman–Crippen LogP) is 4.99. The Balaban J connectivity index is 5.43. The molecular formula is C12H28FO3PSi. The molecule has 3 nitrogen and oxygen atoms in total. The van der Waals surface area contributed by atoms with Crippen LogP contribution in [0.3, 0.4) is 0 Å². The molecule has 0 aliphatic rings. The van der Waals surface area contributed by atoms with E-state index in [0.29, 0.717) is 6.42 Å². The van der Waals surface area contributed by atoms with Gasteiger partial charge in [-0.1, -0.05) is 39.4 Å². The molecule has 0 aromatic carbocycles. The van der Waals surface area contributed by atoms with Crippen LogP contribution in [0.1, 0.15) is 40.0 Å². The van der Waals surface area contributed by atoms with Gasteiger partial charge in [0.05, 0.1) is 13.2 Å². The van der Waals surface area contributed by atoms with Crippen molar-refractivity contribution in [2.45, 2.75) is 64.7 Å². The van der Waals surface area contributed by atoms with Gasteiger partial charge in [0, 0.05) is 0 Å². The lowest BCUT2D eigenvalue weighted by molar-refractivity contribution is 0.168. The number of hydrogen-bond donors (Lipinski definition) is 0. The minimum atomic E-state index is -3.70. The highest BCUT2D eigenvalue weighted by molar-refractivity contribution is 7.59. The third-order valence-corrected chi connectivity index (χ3v) is 10.7. The third-order valence-electron chi connectivity index (χ3n) is 3.04. The molecule has 0 rings (SSSR count). The molecule has 18 heavy (non-hydrogen) atoms. The second-order valence-corrected chi connectivity index (χ2v) is 13.4. The van der Waals surface area contributed by atoms with Crippen molar-refractivity contribution in [2.24, 2.45) is 0 Å². The Morgan fingerprint density at radius 2 is 1.56 bits per heavy atom. The molecule has 1 unspecified atom stereocenters. The normalized spacial score (nSPS) is 16.6. The lowest BCUT2D eigenvalue weighted by atomic mass is 10.3. The highest BCUT2D eigenvalue weighted by Gasteiger charge is 2.59. The van der Waals surface area contributed by atoms with Crippen LogP contribution >= 0.6 is 7.60 Å². The molecule has 0 bridgehead atoms. The van der Waals surface area contributed by atoms with E-state index < -0.39 is 20.7 Å². The Morgan fingerprint density at radius 1 is 1.11 bits per heavy atom. The van der Waals surface area contributed by atoms with Gasteiger partial charge < -0.3 is 9.05 Å². The van der Waals surface area contributed by atoms with E-state index >= 15 is 4.39 Å². The highest BCUT2D eigenvalue weighted by atomic mass is 31.2. The van der Waals surface area contributed by atoms with Crippen molar-refractivity contribution >= 4 is 15.7 Å². The molecule has 0 aliphatic carbocycles. The molecule has 110 valence electrons. The largest absolute Gasteiger partial charge is 0.363 e. The molecule has 0 aromatic rings. The van der Waals surface area contributed by atoms with Crippen molar-refractivity contribution in [3.63, 3.8) is 0 Å². The lowest BCUT2D eigenvalue weighted by Crippen LogP contribution is -2.49. The molecular weight excluding hydrogens is 270 g/mol. The monoisotopic (exact) mass is 298 g/mol. The van der Waals surface area contributed by atoms with Gasteiger partial charge in [0.15, 0.2) is 5.03 Å². The maximum Gasteiger partial charge on any atom is 0.363 e. The van der Waals surface area contributed by atoms with Gasteiger partial charge in [0.1, 0.15) is 8.07 Å². The number of halogens is 1. The van der Waals surface area contributed by atoms with Gasteiger partial charge in [-0.15, -0.1) is 0 Å². The van der Waals surface area contributed by atoms with Crippen LogP contribution in [0.4, 0.5) is 4.39 Å². The van der Waals surface area contributed by atoms with Crippen LogP contribution in [0, 0.1) is 0 Å². The van der Waals surface area contributed by atoms with E-state index in [1.165, 1.54) is 0 Å². The lowest BCUT2D eigenvalue weighted by Gasteiger charge is -2.40. The van der Waals surface area contributed by atoms with Crippen LogP contribution in [-0.4, -0.2) is 26.3 Å². The molecule has 0 saturated carbocycles. The van der Waals surface area contributed by atoms with E-state index in [0.717, 1.165) is 6.42 Å². The maximum absolute atomic E-state index is 15.5. The van der Waals surface area contributed by atoms with Gasteiger partial charge in [0.25, 0.3) is 0 Å². The summed E-state index contributed by atoms with van der Waals surface area (Å²) in [5.41, 5.74) is 0. The fourth-order valence-electron chi connectivity index (χ4n) is 1.92. The fourth-order valence-corrected chi connectivity index (χ4v) is 8.11. The summed E-state index contributed by atoms with van der Waals surface area (Å²) in [7, 11) is -6.04. The second-order valence-electron chi connectivity index (χ2n) is 5.45. The molecule has 0 fully saturated rings. The summed E-state index contributed by atoms with van der Waals surface area (Å²) in [5, 5.41) is -1.80. The molecule has 0 saturated heterocycles. The smallest absolute Gasteiger partial charge is 0.307 e. The van der Waals surface area contributed by atoms with E-state index in [-0.39, 0.29) is 19.6 Å². The summed E-state index contributed by atoms with van der Waals surface area (Å²) in [6, 6.07) is 0. The second kappa shape index (κ2) is 7.18. The van der Waals surface area contributed by atoms with E-state index in [9.17, 15) is 4.57 Å². The van der Waals surface area contributed by atoms with Crippen LogP contribution in [-0.2, 0) is 13.6 Å². The van der Waals surface area contributed by atoms with Gasteiger partial charge in [0.2, 0.25) is 0 Å². The Labute approximate surface area is 112 Å². The van der Waals surface area contributed by atoms with Crippen molar-refractivity contribution in [1.29, 1.82) is 0 Å². The van der Waals surface area contributed by atoms with Crippen LogP contribution in [0.5, 0.6) is 0 Å². The standard InChI is InChI=1S/C12H28FO3PSi/c1-7-10-11-12(13,18(4,5)6)17(14,15-8-2)16-9-3/h7-11H2,1-6H3. The summed E-state index contributed by atoms with van der Waals surface area (Å²) in [6.07, 6.45) is 1.83. The molecule has 0 aliphatic heterocycles. The first-order valence-electron chi connectivity index (χ1n) is 6.76. The zero-order valence-corrected chi connectivity index (χ0v) is 14.5. The summed E-state index contributed by atoms with van der Waals surface area (Å²) in [4.78, 5) is 0. The molecule has 1 atom stereocenters. The molecule has 0 spiro atoms. The average Bonchev–Trinajstić information content (AvgIpc) is 2.24. The molecule has 0 amide bonds. The van der Waals surface area contributed by atoms with Gasteiger partial charge >= 0.3 is 7.60 Å². The van der Waals surface area contributed by atoms with Crippen LogP contribution < -0.4 is 0 Å². The first kappa shape index (κ1) is 18.3. The van der Waals surface area contributed by atoms with Crippen molar-refractivity contribution in [3.8, 4) is 0 Å². The van der Waals surface area contributed by atoms with E-state index in [4.69, 9.17) is 9.05 Å². The minimum absolute atomic E-state index is 0.208. The highest BCUT2D eigenvalue weighted by Crippen LogP contribution is 2.66. The molecule has 6 heteroatoms. The Bertz CT molecular complexity index is 284. The molecule has 0 N–H and O–H groups in total. The van der Waals surface area contributed by atoms with Crippen molar-refractivity contribution < 1.29 is 18.0 Å². The van der Waals surface area contributed by atoms with E-state index in [1.54, 1.807) is 13.8 Å². The van der Waals surface area contributed by atoms with Gasteiger partial charge in [-0.25, -0.2) is 4.39 Å². The third kappa shape index (κ3) is 3.89. The first-order valence-corrected chi connectivity index (χ1v) is 11.8. The average molecular weight is 298 g/mol. The zero-order valence-electron chi connectivity index (χ0n) is 12.6. The molecule has 0 aromatic heterocycles. The number of hydrogen-bond acceptors (Lipinski definition) is 3. The quantitative estimate of drug-likeness (QED) is 0.444. The Kier molecular flexibility index (Phi) is 7.30. The first-order chi connectivity index (χ1) is 8.18. The molecule has 0 radical (unpaired) electrons. The zero-order chi connectivity index (χ0) is 14.4. The topological polar surface area (TPSA) is 35.5 Å². The van der Waals surface area contributed by atoms with E-state index in [1.807, 2.05) is 26.6 Å². The SMILES string of the molecule is CCCCC(F)([Si](C)(C)C)P(=O)(OCC)OCC. The number of alkyl halides is 1. The van der Waals surface area contributed by atoms with Crippen molar-refractivity contribution in [3.05, 3.63) is 0 Å². The fraction of sp³-hybridized carbons (Fsp3) is 1.00. The Morgan fingerprint density at radius 3 is 1.83 bits per heavy atom. The summed E-state index contributed by atoms with van der Waals surface area (Å²) in [6.45, 7) is 11.5. The number of rotatable bonds is 9. The number of unbranched alkanes of at least 4 members (excludes halogenated alkanes) is 1. The van der Waals surface area contributed by atoms with Crippen molar-refractivity contribution in [1.82, 2.24) is 0 Å².